The minimum Gasteiger partial charge on any atom is -0.406 e. The van der Waals surface area contributed by atoms with Gasteiger partial charge in [-0.05, 0) is 35.4 Å². The van der Waals surface area contributed by atoms with Crippen molar-refractivity contribution in [3.63, 3.8) is 0 Å². The van der Waals surface area contributed by atoms with Gasteiger partial charge < -0.3 is 15.4 Å². The Morgan fingerprint density at radius 2 is 1.83 bits per heavy atom. The van der Waals surface area contributed by atoms with E-state index in [0.717, 1.165) is 0 Å². The van der Waals surface area contributed by atoms with Crippen molar-refractivity contribution in [1.29, 1.82) is 0 Å². The van der Waals surface area contributed by atoms with Gasteiger partial charge in [-0.3, -0.25) is 9.59 Å². The van der Waals surface area contributed by atoms with Gasteiger partial charge in [-0.25, -0.2) is 4.98 Å². The second-order valence-corrected chi connectivity index (χ2v) is 6.89. The molecule has 10 heteroatoms. The molecule has 3 aromatic rings. The fourth-order valence-corrected chi connectivity index (χ4v) is 3.06. The van der Waals surface area contributed by atoms with Crippen molar-refractivity contribution in [3.05, 3.63) is 76.2 Å². The molecule has 1 aromatic heterocycles. The molecule has 0 atom stereocenters. The van der Waals surface area contributed by atoms with E-state index in [1.54, 1.807) is 41.2 Å². The topological polar surface area (TPSA) is 80.3 Å². The molecule has 0 radical (unpaired) electrons. The van der Waals surface area contributed by atoms with Gasteiger partial charge >= 0.3 is 6.36 Å². The van der Waals surface area contributed by atoms with Gasteiger partial charge in [0, 0.05) is 17.6 Å². The van der Waals surface area contributed by atoms with E-state index in [4.69, 9.17) is 0 Å². The van der Waals surface area contributed by atoms with Crippen molar-refractivity contribution < 1.29 is 27.5 Å². The number of nitrogens with one attached hydrogen (secondary N) is 2. The molecule has 0 aliphatic carbocycles. The number of anilines is 1. The largest absolute Gasteiger partial charge is 0.573 e. The van der Waals surface area contributed by atoms with E-state index in [0.29, 0.717) is 22.5 Å². The molecule has 0 aliphatic rings. The zero-order valence-corrected chi connectivity index (χ0v) is 16.2. The first kappa shape index (κ1) is 21.3. The number of hydrogen-bond donors (Lipinski definition) is 2. The van der Waals surface area contributed by atoms with Crippen LogP contribution >= 0.6 is 11.3 Å². The maximum atomic E-state index is 12.3. The van der Waals surface area contributed by atoms with Crippen LogP contribution in [0.1, 0.15) is 21.6 Å². The van der Waals surface area contributed by atoms with Crippen molar-refractivity contribution in [1.82, 2.24) is 10.3 Å². The van der Waals surface area contributed by atoms with E-state index in [-0.39, 0.29) is 30.5 Å². The Hall–Kier alpha value is -3.40. The summed E-state index contributed by atoms with van der Waals surface area (Å²) in [6.07, 6.45) is -4.69. The molecule has 156 valence electrons. The first-order valence-corrected chi connectivity index (χ1v) is 9.63. The highest BCUT2D eigenvalue weighted by atomic mass is 32.1. The lowest BCUT2D eigenvalue weighted by Crippen LogP contribution is -2.24. The molecule has 2 N–H and O–H groups in total. The predicted octanol–water partition coefficient (Wildman–Crippen LogP) is 4.15. The van der Waals surface area contributed by atoms with Gasteiger partial charge in [0.1, 0.15) is 11.4 Å². The number of carbonyl (C=O) groups is 2. The molecule has 0 saturated carbocycles. The summed E-state index contributed by atoms with van der Waals surface area (Å²) in [4.78, 5) is 28.0. The maximum Gasteiger partial charge on any atom is 0.573 e. The number of amides is 2. The predicted molar refractivity (Wildman–Crippen MR) is 105 cm³/mol. The molecule has 0 saturated heterocycles. The average molecular weight is 435 g/mol. The number of hydrogen-bond acceptors (Lipinski definition) is 5. The average Bonchev–Trinajstić information content (AvgIpc) is 3.22. The molecule has 1 heterocycles. The second-order valence-electron chi connectivity index (χ2n) is 6.17. The molecule has 3 rings (SSSR count). The minimum atomic E-state index is -4.77. The van der Waals surface area contributed by atoms with Gasteiger partial charge in [-0.15, -0.1) is 24.5 Å². The van der Waals surface area contributed by atoms with Gasteiger partial charge in [0.25, 0.3) is 5.91 Å². The monoisotopic (exact) mass is 435 g/mol. The molecule has 0 unspecified atom stereocenters. The van der Waals surface area contributed by atoms with Crippen molar-refractivity contribution >= 4 is 28.8 Å². The van der Waals surface area contributed by atoms with Crippen LogP contribution in [0.4, 0.5) is 18.9 Å². The summed E-state index contributed by atoms with van der Waals surface area (Å²) in [6.45, 7) is 0.0652. The van der Waals surface area contributed by atoms with E-state index in [1.165, 1.54) is 29.5 Å². The molecule has 2 amide bonds. The molecule has 0 spiro atoms. The van der Waals surface area contributed by atoms with Crippen LogP contribution in [-0.4, -0.2) is 23.2 Å². The molecular weight excluding hydrogens is 419 g/mol. The summed E-state index contributed by atoms with van der Waals surface area (Å²) in [5.74, 6) is -0.959. The van der Waals surface area contributed by atoms with Crippen LogP contribution in [0.25, 0.3) is 0 Å². The van der Waals surface area contributed by atoms with E-state index >= 15 is 0 Å². The zero-order valence-electron chi connectivity index (χ0n) is 15.4. The lowest BCUT2D eigenvalue weighted by Gasteiger charge is -2.11. The first-order chi connectivity index (χ1) is 14.3. The fraction of sp³-hybridized carbons (Fsp3) is 0.150. The normalized spacial score (nSPS) is 11.0. The number of alkyl halides is 3. The lowest BCUT2D eigenvalue weighted by atomic mass is 10.1. The van der Waals surface area contributed by atoms with E-state index in [2.05, 4.69) is 20.4 Å². The number of aromatic nitrogens is 1. The number of nitrogens with zero attached hydrogens (tertiary/aromatic N) is 1. The summed E-state index contributed by atoms with van der Waals surface area (Å²) < 4.78 is 40.7. The number of halogens is 3. The molecule has 2 aromatic carbocycles. The number of carbonyl (C=O) groups excluding carboxylic acids is 2. The molecule has 0 bridgehead atoms. The molecule has 6 nitrogen and oxygen atoms in total. The van der Waals surface area contributed by atoms with Crippen molar-refractivity contribution in [2.24, 2.45) is 0 Å². The van der Waals surface area contributed by atoms with Crippen LogP contribution in [0.2, 0.25) is 0 Å². The molecular formula is C20H16F3N3O3S. The Balaban J connectivity index is 1.49. The fourth-order valence-electron chi connectivity index (χ4n) is 2.53. The third-order valence-electron chi connectivity index (χ3n) is 3.86. The Labute approximate surface area is 173 Å². The SMILES string of the molecule is O=C(Cc1ccc(NC(=O)c2cscn2)cc1)NCc1cccc(OC(F)(F)F)c1. The van der Waals surface area contributed by atoms with Gasteiger partial charge in [-0.1, -0.05) is 24.3 Å². The van der Waals surface area contributed by atoms with Crippen LogP contribution in [0, 0.1) is 0 Å². The van der Waals surface area contributed by atoms with Crippen LogP contribution < -0.4 is 15.4 Å². The Bertz CT molecular complexity index is 1010. The third kappa shape index (κ3) is 6.59. The minimum absolute atomic E-state index is 0.0652. The van der Waals surface area contributed by atoms with Crippen LogP contribution in [-0.2, 0) is 17.8 Å². The number of thiazole rings is 1. The Kier molecular flexibility index (Phi) is 6.68. The highest BCUT2D eigenvalue weighted by Crippen LogP contribution is 2.23. The summed E-state index contributed by atoms with van der Waals surface area (Å²) >= 11 is 1.32. The van der Waals surface area contributed by atoms with Crippen molar-refractivity contribution in [2.75, 3.05) is 5.32 Å². The first-order valence-electron chi connectivity index (χ1n) is 8.68. The standard InChI is InChI=1S/C20H16F3N3O3S/c21-20(22,23)29-16-3-1-2-14(8-16)10-24-18(27)9-13-4-6-15(7-5-13)26-19(28)17-11-30-12-25-17/h1-8,11-12H,9-10H2,(H,24,27)(H,26,28). The quantitative estimate of drug-likeness (QED) is 0.584. The Morgan fingerprint density at radius 1 is 1.07 bits per heavy atom. The van der Waals surface area contributed by atoms with Gasteiger partial charge in [0.15, 0.2) is 0 Å². The summed E-state index contributed by atoms with van der Waals surface area (Å²) in [5.41, 5.74) is 3.65. The maximum absolute atomic E-state index is 12.3. The van der Waals surface area contributed by atoms with E-state index < -0.39 is 6.36 Å². The molecule has 30 heavy (non-hydrogen) atoms. The van der Waals surface area contributed by atoms with Crippen LogP contribution in [0.3, 0.4) is 0 Å². The van der Waals surface area contributed by atoms with E-state index in [1.807, 2.05) is 0 Å². The van der Waals surface area contributed by atoms with Crippen molar-refractivity contribution in [3.8, 4) is 5.75 Å². The highest BCUT2D eigenvalue weighted by Gasteiger charge is 2.31. The van der Waals surface area contributed by atoms with Crippen molar-refractivity contribution in [2.45, 2.75) is 19.3 Å². The lowest BCUT2D eigenvalue weighted by molar-refractivity contribution is -0.274. The number of ether oxygens (including phenoxy) is 1. The number of rotatable bonds is 7. The molecule has 0 fully saturated rings. The highest BCUT2D eigenvalue weighted by molar-refractivity contribution is 7.07. The smallest absolute Gasteiger partial charge is 0.406 e. The number of benzene rings is 2. The zero-order chi connectivity index (χ0) is 21.6. The Morgan fingerprint density at radius 3 is 2.50 bits per heavy atom. The molecule has 0 aliphatic heterocycles. The van der Waals surface area contributed by atoms with Crippen LogP contribution in [0.5, 0.6) is 5.75 Å². The summed E-state index contributed by atoms with van der Waals surface area (Å²) in [6, 6.07) is 12.2. The summed E-state index contributed by atoms with van der Waals surface area (Å²) in [7, 11) is 0. The van der Waals surface area contributed by atoms with Gasteiger partial charge in [0.2, 0.25) is 5.91 Å². The van der Waals surface area contributed by atoms with Crippen LogP contribution in [0.15, 0.2) is 59.4 Å². The van der Waals surface area contributed by atoms with E-state index in [9.17, 15) is 22.8 Å². The third-order valence-corrected chi connectivity index (χ3v) is 4.45. The second kappa shape index (κ2) is 9.40. The van der Waals surface area contributed by atoms with Gasteiger partial charge in [0.05, 0.1) is 11.9 Å². The summed E-state index contributed by atoms with van der Waals surface area (Å²) in [5, 5.41) is 6.99. The van der Waals surface area contributed by atoms with Gasteiger partial charge in [-0.2, -0.15) is 0 Å².